The number of rotatable bonds is 5. The van der Waals surface area contributed by atoms with Crippen LogP contribution in [0.25, 0.3) is 44.8 Å². The van der Waals surface area contributed by atoms with Crippen LogP contribution in [0.3, 0.4) is 0 Å². The van der Waals surface area contributed by atoms with Crippen LogP contribution < -0.4 is 4.90 Å². The first kappa shape index (κ1) is 38.1. The molecular weight excluding hydrogens is 761 g/mol. The largest absolute Gasteiger partial charge is 0.345 e. The van der Waals surface area contributed by atoms with Crippen LogP contribution in [0.5, 0.6) is 0 Å². The van der Waals surface area contributed by atoms with Crippen LogP contribution in [0.1, 0.15) is 92.7 Å². The lowest BCUT2D eigenvalue weighted by Gasteiger charge is -2.42. The average Bonchev–Trinajstić information content (AvgIpc) is 3.55. The van der Waals surface area contributed by atoms with Gasteiger partial charge in [0.15, 0.2) is 0 Å². The minimum absolute atomic E-state index is 0.0384. The van der Waals surface area contributed by atoms with Crippen molar-refractivity contribution in [3.63, 3.8) is 0 Å². The molecular formula is C61H54N2. The van der Waals surface area contributed by atoms with Gasteiger partial charge in [0, 0.05) is 35.0 Å². The van der Waals surface area contributed by atoms with E-state index in [-0.39, 0.29) is 10.8 Å². The van der Waals surface area contributed by atoms with Gasteiger partial charge in [-0.3, -0.25) is 0 Å². The molecule has 308 valence electrons. The number of para-hydroxylation sites is 2. The highest BCUT2D eigenvalue weighted by molar-refractivity contribution is 6.04. The molecule has 63 heavy (non-hydrogen) atoms. The summed E-state index contributed by atoms with van der Waals surface area (Å²) in [6.07, 6.45) is 21.7. The fourth-order valence-corrected chi connectivity index (χ4v) is 12.0. The smallest absolute Gasteiger partial charge is 0.0502 e. The van der Waals surface area contributed by atoms with E-state index in [1.165, 1.54) is 102 Å². The molecule has 0 bridgehead atoms. The van der Waals surface area contributed by atoms with Gasteiger partial charge in [0.25, 0.3) is 0 Å². The molecule has 2 unspecified atom stereocenters. The van der Waals surface area contributed by atoms with Crippen LogP contribution in [0.15, 0.2) is 187 Å². The maximum atomic E-state index is 2.64. The summed E-state index contributed by atoms with van der Waals surface area (Å²) >= 11 is 0. The normalized spacial score (nSPS) is 20.4. The lowest BCUT2D eigenvalue weighted by Crippen LogP contribution is -2.32. The topological polar surface area (TPSA) is 6.48 Å². The van der Waals surface area contributed by atoms with Gasteiger partial charge in [-0.1, -0.05) is 173 Å². The summed E-state index contributed by atoms with van der Waals surface area (Å²) in [5.74, 6) is 0.870. The quantitative estimate of drug-likeness (QED) is 0.160. The van der Waals surface area contributed by atoms with E-state index in [4.69, 9.17) is 0 Å². The Morgan fingerprint density at radius 2 is 1.38 bits per heavy atom. The SMILES string of the molecule is CC1(C)c2ccccc2N(c2ccc3cc(-c4ccc(/C=C/c5ccc6c(c5)C(C)(C)C5C=C(N7CCCC8=C7CCC=C8)C=CC65)c5ccccc45)ccc3c2)c2ccccc21. The number of hydrogen-bond acceptors (Lipinski definition) is 2. The molecule has 0 N–H and O–H groups in total. The van der Waals surface area contributed by atoms with E-state index in [1.54, 1.807) is 11.3 Å². The third-order valence-corrected chi connectivity index (χ3v) is 15.3. The number of hydrogen-bond donors (Lipinski definition) is 0. The third-order valence-electron chi connectivity index (χ3n) is 15.3. The van der Waals surface area contributed by atoms with Crippen LogP contribution >= 0.6 is 0 Å². The van der Waals surface area contributed by atoms with Crippen molar-refractivity contribution in [1.29, 1.82) is 0 Å². The second-order valence-electron chi connectivity index (χ2n) is 19.6. The van der Waals surface area contributed by atoms with Gasteiger partial charge < -0.3 is 9.80 Å². The van der Waals surface area contributed by atoms with Crippen LogP contribution in [0, 0.1) is 5.92 Å². The average molecular weight is 815 g/mol. The molecule has 0 saturated carbocycles. The third kappa shape index (κ3) is 6.05. The predicted octanol–water partition coefficient (Wildman–Crippen LogP) is 16.1. The summed E-state index contributed by atoms with van der Waals surface area (Å²) < 4.78 is 0. The standard InChI is InChI=1S/C61H54N2/c1-60(2)53-18-8-11-21-58(53)63(59-22-12-9-19-54(59)60)47-30-28-43-37-45(27-26-44(43)38-47)49-33-29-41(48-16-6-7-17-50(48)49)25-23-40-24-32-51-52-34-31-46(39-56(52)61(3,4)55(51)36-40)62-35-13-15-42-14-5-10-20-57(42)62/h5-9,11-12,14,16-19,21-34,36-39,52,56H,10,13,15,20,35H2,1-4H3/b25-23+. The molecule has 2 atom stereocenters. The Morgan fingerprint density at radius 3 is 2.21 bits per heavy atom. The van der Waals surface area contributed by atoms with Gasteiger partial charge in [-0.25, -0.2) is 0 Å². The van der Waals surface area contributed by atoms with Crippen molar-refractivity contribution >= 4 is 50.8 Å². The van der Waals surface area contributed by atoms with E-state index >= 15 is 0 Å². The highest BCUT2D eigenvalue weighted by Crippen LogP contribution is 2.55. The van der Waals surface area contributed by atoms with Crippen molar-refractivity contribution < 1.29 is 0 Å². The zero-order valence-electron chi connectivity index (χ0n) is 36.9. The summed E-state index contributed by atoms with van der Waals surface area (Å²) in [7, 11) is 0. The first-order valence-corrected chi connectivity index (χ1v) is 23.2. The molecule has 5 aliphatic rings. The lowest BCUT2D eigenvalue weighted by atomic mass is 9.73. The Bertz CT molecular complexity index is 3130. The monoisotopic (exact) mass is 814 g/mol. The second kappa shape index (κ2) is 14.5. The van der Waals surface area contributed by atoms with Crippen molar-refractivity contribution in [3.05, 3.63) is 220 Å². The van der Waals surface area contributed by atoms with E-state index in [9.17, 15) is 0 Å². The molecule has 2 nitrogen and oxygen atoms in total. The number of allylic oxidation sites excluding steroid dienone is 7. The van der Waals surface area contributed by atoms with Gasteiger partial charge in [-0.15, -0.1) is 0 Å². The minimum Gasteiger partial charge on any atom is -0.345 e. The fraction of sp³-hybridized carbons (Fsp3) is 0.213. The van der Waals surface area contributed by atoms with Gasteiger partial charge >= 0.3 is 0 Å². The molecule has 2 heteroatoms. The molecule has 0 aromatic heterocycles. The Labute approximate surface area is 372 Å². The van der Waals surface area contributed by atoms with Crippen molar-refractivity contribution in [2.75, 3.05) is 11.4 Å². The molecule has 12 rings (SSSR count). The van der Waals surface area contributed by atoms with Gasteiger partial charge in [-0.05, 0) is 145 Å². The molecule has 3 aliphatic carbocycles. The van der Waals surface area contributed by atoms with Crippen LogP contribution in [0.2, 0.25) is 0 Å². The molecule has 7 aromatic carbocycles. The lowest BCUT2D eigenvalue weighted by molar-refractivity contribution is 0.351. The molecule has 2 aliphatic heterocycles. The summed E-state index contributed by atoms with van der Waals surface area (Å²) in [6, 6.07) is 52.4. The zero-order valence-corrected chi connectivity index (χ0v) is 36.9. The van der Waals surface area contributed by atoms with Crippen molar-refractivity contribution in [2.24, 2.45) is 5.92 Å². The van der Waals surface area contributed by atoms with E-state index in [0.29, 0.717) is 11.8 Å². The van der Waals surface area contributed by atoms with Gasteiger partial charge in [-0.2, -0.15) is 0 Å². The summed E-state index contributed by atoms with van der Waals surface area (Å²) in [4.78, 5) is 5.09. The first-order chi connectivity index (χ1) is 30.7. The Balaban J connectivity index is 0.834. The zero-order chi connectivity index (χ0) is 42.5. The van der Waals surface area contributed by atoms with Gasteiger partial charge in [0.2, 0.25) is 0 Å². The van der Waals surface area contributed by atoms with Gasteiger partial charge in [0.1, 0.15) is 0 Å². The van der Waals surface area contributed by atoms with Crippen molar-refractivity contribution in [3.8, 4) is 11.1 Å². The molecule has 7 aromatic rings. The Morgan fingerprint density at radius 1 is 0.635 bits per heavy atom. The minimum atomic E-state index is -0.0781. The maximum Gasteiger partial charge on any atom is 0.0502 e. The predicted molar refractivity (Wildman–Crippen MR) is 267 cm³/mol. The molecule has 2 heterocycles. The van der Waals surface area contributed by atoms with Crippen molar-refractivity contribution in [2.45, 2.75) is 70.1 Å². The molecule has 0 spiro atoms. The number of anilines is 3. The summed E-state index contributed by atoms with van der Waals surface area (Å²) in [5.41, 5.74) is 18.8. The van der Waals surface area contributed by atoms with E-state index in [0.717, 1.165) is 19.4 Å². The highest BCUT2D eigenvalue weighted by atomic mass is 15.2. The summed E-state index contributed by atoms with van der Waals surface area (Å²) in [6.45, 7) is 10.7. The molecule has 0 radical (unpaired) electrons. The van der Waals surface area contributed by atoms with Gasteiger partial charge in [0.05, 0.1) is 11.4 Å². The van der Waals surface area contributed by atoms with E-state index in [2.05, 4.69) is 220 Å². The molecule has 0 amide bonds. The number of benzene rings is 7. The Kier molecular flexibility index (Phi) is 8.74. The van der Waals surface area contributed by atoms with Crippen LogP contribution in [0.4, 0.5) is 17.1 Å². The molecule has 0 fully saturated rings. The Hall–Kier alpha value is -6.64. The first-order valence-electron chi connectivity index (χ1n) is 23.2. The van der Waals surface area contributed by atoms with E-state index in [1.807, 2.05) is 0 Å². The van der Waals surface area contributed by atoms with Crippen LogP contribution in [-0.4, -0.2) is 11.4 Å². The summed E-state index contributed by atoms with van der Waals surface area (Å²) in [5, 5.41) is 5.02. The van der Waals surface area contributed by atoms with E-state index < -0.39 is 0 Å². The maximum absolute atomic E-state index is 2.64. The fourth-order valence-electron chi connectivity index (χ4n) is 12.0. The molecule has 0 saturated heterocycles. The number of nitrogens with zero attached hydrogens (tertiary/aromatic N) is 2. The second-order valence-corrected chi connectivity index (χ2v) is 19.6. The van der Waals surface area contributed by atoms with Crippen molar-refractivity contribution in [1.82, 2.24) is 4.90 Å². The number of fused-ring (bicyclic) bond motifs is 7. The van der Waals surface area contributed by atoms with Crippen LogP contribution in [-0.2, 0) is 10.8 Å². The highest BCUT2D eigenvalue weighted by Gasteiger charge is 2.46.